The van der Waals surface area contributed by atoms with E-state index in [0.717, 1.165) is 9.13 Å². The van der Waals surface area contributed by atoms with Gasteiger partial charge in [0.1, 0.15) is 17.9 Å². The number of hydrogen-bond acceptors (Lipinski definition) is 5. The van der Waals surface area contributed by atoms with Crippen LogP contribution in [0.4, 0.5) is 0 Å². The lowest BCUT2D eigenvalue weighted by atomic mass is 10.0. The van der Waals surface area contributed by atoms with Gasteiger partial charge in [0, 0.05) is 14.1 Å². The summed E-state index contributed by atoms with van der Waals surface area (Å²) in [5.41, 5.74) is -0.873. The minimum Gasteiger partial charge on any atom is -0.494 e. The van der Waals surface area contributed by atoms with E-state index >= 15 is 0 Å². The molecule has 0 fully saturated rings. The molecule has 0 spiro atoms. The van der Waals surface area contributed by atoms with Crippen molar-refractivity contribution in [2.75, 3.05) is 6.61 Å². The van der Waals surface area contributed by atoms with Gasteiger partial charge in [-0.15, -0.1) is 0 Å². The van der Waals surface area contributed by atoms with Crippen molar-refractivity contribution < 1.29 is 9.94 Å². The molecule has 0 aliphatic rings. The zero-order chi connectivity index (χ0) is 14.7. The summed E-state index contributed by atoms with van der Waals surface area (Å²) in [6, 6.07) is 0. The van der Waals surface area contributed by atoms with Crippen LogP contribution in [0.3, 0.4) is 0 Å². The standard InChI is InChI=1S/C12H19N3O4/c1-6-19-13-9(7(2)3)8-10(16)14(4)12(18)15(5)11(8)17/h7,16H,6H2,1-5H3. The Balaban J connectivity index is 3.66. The third-order valence-electron chi connectivity index (χ3n) is 2.73. The summed E-state index contributed by atoms with van der Waals surface area (Å²) in [5, 5.41) is 13.9. The molecule has 106 valence electrons. The molecular weight excluding hydrogens is 250 g/mol. The van der Waals surface area contributed by atoms with Crippen molar-refractivity contribution >= 4 is 5.71 Å². The van der Waals surface area contributed by atoms with Crippen LogP contribution in [0.2, 0.25) is 0 Å². The zero-order valence-electron chi connectivity index (χ0n) is 11.8. The largest absolute Gasteiger partial charge is 0.494 e. The Morgan fingerprint density at radius 2 is 1.89 bits per heavy atom. The molecule has 0 atom stereocenters. The normalized spacial score (nSPS) is 12.0. The maximum Gasteiger partial charge on any atom is 0.333 e. The van der Waals surface area contributed by atoms with Gasteiger partial charge in [-0.1, -0.05) is 19.0 Å². The van der Waals surface area contributed by atoms with Gasteiger partial charge in [-0.25, -0.2) is 4.79 Å². The molecule has 1 rings (SSSR count). The first kappa shape index (κ1) is 15.0. The highest BCUT2D eigenvalue weighted by Gasteiger charge is 2.22. The van der Waals surface area contributed by atoms with Gasteiger partial charge in [-0.2, -0.15) is 0 Å². The van der Waals surface area contributed by atoms with Crippen LogP contribution in [0.25, 0.3) is 0 Å². The Bertz CT molecular complexity index is 611. The van der Waals surface area contributed by atoms with E-state index in [1.165, 1.54) is 14.1 Å². The van der Waals surface area contributed by atoms with E-state index < -0.39 is 17.1 Å². The molecule has 7 heteroatoms. The summed E-state index contributed by atoms with van der Waals surface area (Å²) in [6.45, 7) is 5.76. The molecule has 1 N–H and O–H groups in total. The van der Waals surface area contributed by atoms with Crippen LogP contribution in [-0.2, 0) is 18.9 Å². The molecular formula is C12H19N3O4. The van der Waals surface area contributed by atoms with E-state index in [0.29, 0.717) is 12.3 Å². The monoisotopic (exact) mass is 269 g/mol. The Kier molecular flexibility index (Phi) is 4.52. The number of hydrogen-bond donors (Lipinski definition) is 1. The molecule has 0 aromatic carbocycles. The summed E-state index contributed by atoms with van der Waals surface area (Å²) in [5.74, 6) is -0.539. The Labute approximate surface area is 110 Å². The van der Waals surface area contributed by atoms with Gasteiger partial charge in [0.05, 0.1) is 0 Å². The summed E-state index contributed by atoms with van der Waals surface area (Å²) in [7, 11) is 2.74. The molecule has 0 aliphatic carbocycles. The number of aromatic nitrogens is 2. The smallest absolute Gasteiger partial charge is 0.333 e. The van der Waals surface area contributed by atoms with Crippen molar-refractivity contribution in [2.24, 2.45) is 25.2 Å². The fourth-order valence-corrected chi connectivity index (χ4v) is 1.63. The lowest BCUT2D eigenvalue weighted by Crippen LogP contribution is -2.40. The predicted molar refractivity (Wildman–Crippen MR) is 71.6 cm³/mol. The van der Waals surface area contributed by atoms with Gasteiger partial charge in [0.15, 0.2) is 0 Å². The van der Waals surface area contributed by atoms with E-state index in [1.807, 2.05) is 13.8 Å². The van der Waals surface area contributed by atoms with Crippen molar-refractivity contribution in [1.82, 2.24) is 9.13 Å². The van der Waals surface area contributed by atoms with E-state index in [-0.39, 0.29) is 11.5 Å². The average molecular weight is 269 g/mol. The second-order valence-electron chi connectivity index (χ2n) is 4.45. The highest BCUT2D eigenvalue weighted by atomic mass is 16.6. The van der Waals surface area contributed by atoms with Crippen molar-refractivity contribution in [1.29, 1.82) is 0 Å². The average Bonchev–Trinajstić information content (AvgIpc) is 2.37. The Hall–Kier alpha value is -2.05. The molecule has 0 aliphatic heterocycles. The first-order chi connectivity index (χ1) is 8.82. The molecule has 0 saturated carbocycles. The fraction of sp³-hybridized carbons (Fsp3) is 0.583. The van der Waals surface area contributed by atoms with E-state index in [9.17, 15) is 14.7 Å². The van der Waals surface area contributed by atoms with E-state index in [2.05, 4.69) is 5.16 Å². The van der Waals surface area contributed by atoms with Gasteiger partial charge < -0.3 is 9.94 Å². The van der Waals surface area contributed by atoms with E-state index in [4.69, 9.17) is 4.84 Å². The van der Waals surface area contributed by atoms with Crippen LogP contribution >= 0.6 is 0 Å². The number of oxime groups is 1. The van der Waals surface area contributed by atoms with Crippen LogP contribution in [0, 0.1) is 5.92 Å². The molecule has 0 bridgehead atoms. The van der Waals surface area contributed by atoms with Gasteiger partial charge in [-0.3, -0.25) is 13.9 Å². The molecule has 7 nitrogen and oxygen atoms in total. The van der Waals surface area contributed by atoms with Crippen LogP contribution in [0.1, 0.15) is 26.3 Å². The summed E-state index contributed by atoms with van der Waals surface area (Å²) in [6.07, 6.45) is 0. The molecule has 1 heterocycles. The quantitative estimate of drug-likeness (QED) is 0.624. The minimum absolute atomic E-state index is 0.00644. The van der Waals surface area contributed by atoms with Crippen molar-refractivity contribution in [3.63, 3.8) is 0 Å². The highest BCUT2D eigenvalue weighted by Crippen LogP contribution is 2.15. The lowest BCUT2D eigenvalue weighted by Gasteiger charge is -2.14. The maximum atomic E-state index is 12.1. The van der Waals surface area contributed by atoms with Crippen LogP contribution in [0.15, 0.2) is 14.7 Å². The third kappa shape index (κ3) is 2.69. The summed E-state index contributed by atoms with van der Waals surface area (Å²) >= 11 is 0. The van der Waals surface area contributed by atoms with Crippen molar-refractivity contribution in [2.45, 2.75) is 20.8 Å². The first-order valence-corrected chi connectivity index (χ1v) is 6.02. The Morgan fingerprint density at radius 3 is 2.37 bits per heavy atom. The molecule has 0 unspecified atom stereocenters. The number of aromatic hydroxyl groups is 1. The topological polar surface area (TPSA) is 85.8 Å². The summed E-state index contributed by atoms with van der Waals surface area (Å²) in [4.78, 5) is 28.8. The Morgan fingerprint density at radius 1 is 1.32 bits per heavy atom. The molecule has 1 aromatic heterocycles. The number of nitrogens with zero attached hydrogens (tertiary/aromatic N) is 3. The van der Waals surface area contributed by atoms with E-state index in [1.54, 1.807) is 6.92 Å². The zero-order valence-corrected chi connectivity index (χ0v) is 11.8. The molecule has 0 saturated heterocycles. The van der Waals surface area contributed by atoms with Crippen molar-refractivity contribution in [3.8, 4) is 5.88 Å². The van der Waals surface area contributed by atoms with Gasteiger partial charge in [0.2, 0.25) is 5.88 Å². The van der Waals surface area contributed by atoms with Gasteiger partial charge in [0.25, 0.3) is 5.56 Å². The van der Waals surface area contributed by atoms with Crippen LogP contribution in [-0.4, -0.2) is 26.6 Å². The summed E-state index contributed by atoms with van der Waals surface area (Å²) < 4.78 is 1.93. The first-order valence-electron chi connectivity index (χ1n) is 6.02. The van der Waals surface area contributed by atoms with Crippen LogP contribution < -0.4 is 11.2 Å². The second-order valence-corrected chi connectivity index (χ2v) is 4.45. The SMILES string of the molecule is CCON=C(c1c(O)n(C)c(=O)n(C)c1=O)C(C)C. The second kappa shape index (κ2) is 5.73. The predicted octanol–water partition coefficient (Wildman–Crippen LogP) is 0.186. The minimum atomic E-state index is -0.592. The third-order valence-corrected chi connectivity index (χ3v) is 2.73. The van der Waals surface area contributed by atoms with Crippen LogP contribution in [0.5, 0.6) is 5.88 Å². The lowest BCUT2D eigenvalue weighted by molar-refractivity contribution is 0.157. The van der Waals surface area contributed by atoms with Crippen molar-refractivity contribution in [3.05, 3.63) is 26.4 Å². The highest BCUT2D eigenvalue weighted by molar-refractivity contribution is 6.02. The fourth-order valence-electron chi connectivity index (χ4n) is 1.63. The molecule has 0 amide bonds. The molecule has 19 heavy (non-hydrogen) atoms. The van der Waals surface area contributed by atoms with Gasteiger partial charge in [-0.05, 0) is 12.8 Å². The van der Waals surface area contributed by atoms with Gasteiger partial charge >= 0.3 is 5.69 Å². The molecule has 1 aromatic rings. The maximum absolute atomic E-state index is 12.1. The number of rotatable bonds is 4. The molecule has 0 radical (unpaired) electrons.